The Morgan fingerprint density at radius 3 is 1.00 bits per heavy atom. The topological polar surface area (TPSA) is 18.5 Å². The van der Waals surface area contributed by atoms with E-state index >= 15 is 0 Å². The number of hydrogen-bond acceptors (Lipinski definition) is 2. The molecule has 0 aliphatic carbocycles. The summed E-state index contributed by atoms with van der Waals surface area (Å²) < 4.78 is 12.7. The second-order valence-corrected chi connectivity index (χ2v) is 33.2. The molecule has 0 aromatic rings. The molecule has 0 bridgehead atoms. The van der Waals surface area contributed by atoms with Gasteiger partial charge in [-0.3, -0.25) is 0 Å². The summed E-state index contributed by atoms with van der Waals surface area (Å²) in [4.78, 5) is 6.72. The van der Waals surface area contributed by atoms with Crippen LogP contribution in [0.4, 0.5) is 0 Å². The minimum absolute atomic E-state index is 1.48. The molecule has 0 amide bonds. The Balaban J connectivity index is 4.70. The quantitative estimate of drug-likeness (QED) is 0.718. The summed E-state index contributed by atoms with van der Waals surface area (Å²) in [6, 6.07) is 0. The van der Waals surface area contributed by atoms with Gasteiger partial charge in [-0.15, -0.1) is 0 Å². The molecule has 0 saturated heterocycles. The first-order valence-electron chi connectivity index (χ1n) is 5.12. The van der Waals surface area contributed by atoms with Crippen molar-refractivity contribution < 1.29 is 5.41 Å². The van der Waals surface area contributed by atoms with E-state index in [-0.39, 0.29) is 0 Å². The molecule has 0 heterocycles. The Bertz CT molecular complexity index is 188. The van der Waals surface area contributed by atoms with Crippen LogP contribution in [0.25, 0.3) is 0 Å². The Morgan fingerprint density at radius 1 is 0.643 bits per heavy atom. The van der Waals surface area contributed by atoms with Crippen LogP contribution in [0.2, 0.25) is 53.9 Å². The average Bonchev–Trinajstić information content (AvgIpc) is 1.39. The fourth-order valence-electron chi connectivity index (χ4n) is 1.89. The summed E-state index contributed by atoms with van der Waals surface area (Å²) in [6.07, 6.45) is 0. The third-order valence-electron chi connectivity index (χ3n) is 1.17. The predicted molar refractivity (Wildman–Crippen MR) is 72.2 cm³/mol. The molecule has 0 unspecified atom stereocenters. The molecule has 0 aromatic carbocycles. The van der Waals surface area contributed by atoms with Crippen molar-refractivity contribution >= 4 is 34.9 Å². The third-order valence-corrected chi connectivity index (χ3v) is 23.5. The molecule has 0 aliphatic heterocycles. The summed E-state index contributed by atoms with van der Waals surface area (Å²) in [5.74, 6) is 0. The van der Waals surface area contributed by atoms with E-state index in [1.165, 1.54) is 0 Å². The van der Waals surface area contributed by atoms with Crippen LogP contribution in [0.5, 0.6) is 0 Å². The van der Waals surface area contributed by atoms with Gasteiger partial charge in [0.05, 0.1) is 0 Å². The molecule has 0 aromatic heterocycles. The van der Waals surface area contributed by atoms with Crippen LogP contribution in [0.15, 0.2) is 0 Å². The fraction of sp³-hybridized carbons (Fsp3) is 1.00. The first-order chi connectivity index (χ1) is 5.68. The van der Waals surface area contributed by atoms with E-state index in [9.17, 15) is 0 Å². The zero-order valence-electron chi connectivity index (χ0n) is 11.3. The molecule has 0 N–H and O–H groups in total. The Kier molecular flexibility index (Phi) is 4.21. The van der Waals surface area contributed by atoms with Crippen LogP contribution in [0.1, 0.15) is 0 Å². The average molecular weight is 345 g/mol. The second-order valence-electron chi connectivity index (χ2n) is 6.92. The van der Waals surface area contributed by atoms with Gasteiger partial charge in [0.15, 0.2) is 0 Å². The fourth-order valence-corrected chi connectivity index (χ4v) is 38.7. The molecule has 14 heavy (non-hydrogen) atoms. The van der Waals surface area contributed by atoms with Crippen molar-refractivity contribution in [1.82, 2.24) is 0 Å². The van der Waals surface area contributed by atoms with Gasteiger partial charge >= 0.3 is 94.2 Å². The molecule has 0 rings (SSSR count). The Hall–Kier alpha value is 1.17. The van der Waals surface area contributed by atoms with Crippen LogP contribution < -0.4 is 0 Å². The van der Waals surface area contributed by atoms with Gasteiger partial charge in [0, 0.05) is 0 Å². The van der Waals surface area contributed by atoms with E-state index in [1.54, 1.807) is 0 Å². The summed E-state index contributed by atoms with van der Waals surface area (Å²) in [5.41, 5.74) is 0. The van der Waals surface area contributed by atoms with Crippen LogP contribution >= 0.6 is 0 Å². The standard InChI is InChI=1S/2C3H9OSi.3CH3.Sb/c2*1-5(2,3)4;;;;/h2*1-3H3;3*1H3;/q2*-1;;;;+2. The number of hydrogen-bond donors (Lipinski definition) is 0. The Labute approximate surface area is 93.8 Å². The van der Waals surface area contributed by atoms with Crippen LogP contribution in [-0.4, -0.2) is 34.9 Å². The maximum absolute atomic E-state index is 6.34. The predicted octanol–water partition coefficient (Wildman–Crippen LogP) is 3.98. The molecular formula is C9H27O2SbSi2. The minimum atomic E-state index is -3.13. The van der Waals surface area contributed by atoms with Gasteiger partial charge in [-0.1, -0.05) is 0 Å². The van der Waals surface area contributed by atoms with Gasteiger partial charge in [-0.05, 0) is 0 Å². The zero-order chi connectivity index (χ0) is 11.9. The zero-order valence-corrected chi connectivity index (χ0v) is 15.8. The van der Waals surface area contributed by atoms with Crippen LogP contribution in [0, 0.1) is 0 Å². The first-order valence-corrected chi connectivity index (χ1v) is 21.7. The molecule has 0 aliphatic rings. The molecule has 5 heteroatoms. The SMILES string of the molecule is C[Si](C)(C)[O][Sb]([CH3])([CH3])([CH3])[O][Si](C)(C)C. The van der Waals surface area contributed by atoms with E-state index in [0.717, 1.165) is 0 Å². The summed E-state index contributed by atoms with van der Waals surface area (Å²) >= 11 is -3.13. The summed E-state index contributed by atoms with van der Waals surface area (Å²) in [7, 11) is -2.96. The second kappa shape index (κ2) is 3.88. The molecular weight excluding hydrogens is 318 g/mol. The van der Waals surface area contributed by atoms with E-state index in [4.69, 9.17) is 5.41 Å². The van der Waals surface area contributed by atoms with E-state index in [2.05, 4.69) is 53.9 Å². The molecule has 88 valence electrons. The van der Waals surface area contributed by atoms with Crippen LogP contribution in [0.3, 0.4) is 0 Å². The third kappa shape index (κ3) is 8.48. The normalized spacial score (nSPS) is 17.6. The van der Waals surface area contributed by atoms with Crippen molar-refractivity contribution in [3.8, 4) is 0 Å². The first kappa shape index (κ1) is 15.2. The molecule has 2 nitrogen and oxygen atoms in total. The van der Waals surface area contributed by atoms with Crippen molar-refractivity contribution in [3.63, 3.8) is 0 Å². The van der Waals surface area contributed by atoms with Crippen molar-refractivity contribution in [2.24, 2.45) is 0 Å². The molecule has 0 fully saturated rings. The van der Waals surface area contributed by atoms with E-state index < -0.39 is 34.9 Å². The van der Waals surface area contributed by atoms with Gasteiger partial charge in [0.1, 0.15) is 0 Å². The molecule has 0 atom stereocenters. The number of rotatable bonds is 4. The monoisotopic (exact) mass is 344 g/mol. The maximum atomic E-state index is 6.34. The molecule has 0 spiro atoms. The summed E-state index contributed by atoms with van der Waals surface area (Å²) in [6.45, 7) is 13.4. The van der Waals surface area contributed by atoms with Gasteiger partial charge in [-0.25, -0.2) is 0 Å². The molecule has 0 radical (unpaired) electrons. The van der Waals surface area contributed by atoms with Gasteiger partial charge in [0.25, 0.3) is 0 Å². The van der Waals surface area contributed by atoms with Gasteiger partial charge < -0.3 is 0 Å². The molecule has 0 saturated carbocycles. The van der Waals surface area contributed by atoms with E-state index in [0.29, 0.717) is 0 Å². The van der Waals surface area contributed by atoms with Crippen molar-refractivity contribution in [1.29, 1.82) is 0 Å². The van der Waals surface area contributed by atoms with E-state index in [1.807, 2.05) is 0 Å². The van der Waals surface area contributed by atoms with Crippen molar-refractivity contribution in [2.75, 3.05) is 0 Å². The summed E-state index contributed by atoms with van der Waals surface area (Å²) in [5, 5.41) is 0. The van der Waals surface area contributed by atoms with Gasteiger partial charge in [0.2, 0.25) is 0 Å². The van der Waals surface area contributed by atoms with Crippen LogP contribution in [-0.2, 0) is 5.41 Å². The van der Waals surface area contributed by atoms with Crippen molar-refractivity contribution in [2.45, 2.75) is 53.9 Å². The van der Waals surface area contributed by atoms with Crippen molar-refractivity contribution in [3.05, 3.63) is 0 Å². The Morgan fingerprint density at radius 2 is 0.857 bits per heavy atom. The van der Waals surface area contributed by atoms with Gasteiger partial charge in [-0.2, -0.15) is 0 Å².